The van der Waals surface area contributed by atoms with Gasteiger partial charge in [-0.2, -0.15) is 0 Å². The van der Waals surface area contributed by atoms with Gasteiger partial charge in [0.15, 0.2) is 5.79 Å². The molecule has 2 N–H and O–H groups in total. The molecule has 4 heteroatoms. The molecule has 0 amide bonds. The van der Waals surface area contributed by atoms with E-state index in [2.05, 4.69) is 13.0 Å². The van der Waals surface area contributed by atoms with Crippen molar-refractivity contribution in [3.63, 3.8) is 0 Å². The summed E-state index contributed by atoms with van der Waals surface area (Å²) < 4.78 is 11.2. The SMILES string of the molecule is CCCC1=CC=CC(OCCO)(OCCO)C1. The van der Waals surface area contributed by atoms with Gasteiger partial charge in [0.2, 0.25) is 0 Å². The first-order chi connectivity index (χ1) is 8.26. The first-order valence-corrected chi connectivity index (χ1v) is 6.13. The zero-order chi connectivity index (χ0) is 12.6. The van der Waals surface area contributed by atoms with Crippen molar-refractivity contribution in [2.45, 2.75) is 32.0 Å². The highest BCUT2D eigenvalue weighted by Crippen LogP contribution is 2.30. The minimum atomic E-state index is -0.815. The summed E-state index contributed by atoms with van der Waals surface area (Å²) in [6.07, 6.45) is 8.59. The Bertz CT molecular complexity index is 263. The number of rotatable bonds is 8. The van der Waals surface area contributed by atoms with Crippen molar-refractivity contribution in [1.29, 1.82) is 0 Å². The van der Waals surface area contributed by atoms with Gasteiger partial charge in [-0.05, 0) is 12.5 Å². The summed E-state index contributed by atoms with van der Waals surface area (Å²) in [7, 11) is 0. The third-order valence-corrected chi connectivity index (χ3v) is 2.60. The van der Waals surface area contributed by atoms with E-state index in [-0.39, 0.29) is 26.4 Å². The maximum absolute atomic E-state index is 8.84. The Morgan fingerprint density at radius 3 is 2.41 bits per heavy atom. The molecule has 0 spiro atoms. The van der Waals surface area contributed by atoms with Gasteiger partial charge >= 0.3 is 0 Å². The van der Waals surface area contributed by atoms with Crippen LogP contribution in [0.1, 0.15) is 26.2 Å². The molecule has 0 radical (unpaired) electrons. The smallest absolute Gasteiger partial charge is 0.192 e. The average Bonchev–Trinajstić information content (AvgIpc) is 2.35. The Kier molecular flexibility index (Phi) is 6.44. The fraction of sp³-hybridized carbons (Fsp3) is 0.692. The highest BCUT2D eigenvalue weighted by molar-refractivity contribution is 5.23. The molecule has 0 saturated heterocycles. The predicted molar refractivity (Wildman–Crippen MR) is 65.6 cm³/mol. The molecule has 0 bridgehead atoms. The highest BCUT2D eigenvalue weighted by Gasteiger charge is 2.31. The fourth-order valence-corrected chi connectivity index (χ4v) is 1.93. The van der Waals surface area contributed by atoms with Gasteiger partial charge in [0, 0.05) is 6.42 Å². The largest absolute Gasteiger partial charge is 0.394 e. The van der Waals surface area contributed by atoms with Crippen LogP contribution in [-0.2, 0) is 9.47 Å². The van der Waals surface area contributed by atoms with Crippen LogP contribution in [0.3, 0.4) is 0 Å². The number of aliphatic hydroxyl groups is 2. The summed E-state index contributed by atoms with van der Waals surface area (Å²) >= 11 is 0. The predicted octanol–water partition coefficient (Wildman–Crippen LogP) is 1.39. The molecular formula is C13H22O4. The van der Waals surface area contributed by atoms with Crippen LogP contribution in [0, 0.1) is 0 Å². The summed E-state index contributed by atoms with van der Waals surface area (Å²) in [5.41, 5.74) is 1.27. The minimum Gasteiger partial charge on any atom is -0.394 e. The lowest BCUT2D eigenvalue weighted by Crippen LogP contribution is -2.37. The van der Waals surface area contributed by atoms with E-state index < -0.39 is 5.79 Å². The van der Waals surface area contributed by atoms with Crippen LogP contribution in [0.25, 0.3) is 0 Å². The van der Waals surface area contributed by atoms with E-state index in [9.17, 15) is 0 Å². The molecule has 1 aliphatic carbocycles. The van der Waals surface area contributed by atoms with E-state index in [4.69, 9.17) is 19.7 Å². The van der Waals surface area contributed by atoms with Gasteiger partial charge < -0.3 is 19.7 Å². The van der Waals surface area contributed by atoms with Crippen LogP contribution in [0.5, 0.6) is 0 Å². The third kappa shape index (κ3) is 4.60. The van der Waals surface area contributed by atoms with Gasteiger partial charge in [0.1, 0.15) is 0 Å². The van der Waals surface area contributed by atoms with Crippen LogP contribution in [0.15, 0.2) is 23.8 Å². The van der Waals surface area contributed by atoms with E-state index >= 15 is 0 Å². The average molecular weight is 242 g/mol. The number of hydrogen-bond acceptors (Lipinski definition) is 4. The first-order valence-electron chi connectivity index (χ1n) is 6.13. The molecule has 0 aromatic rings. The van der Waals surface area contributed by atoms with Gasteiger partial charge in [-0.15, -0.1) is 0 Å². The Hall–Kier alpha value is -0.680. The molecule has 17 heavy (non-hydrogen) atoms. The lowest BCUT2D eigenvalue weighted by atomic mass is 9.96. The zero-order valence-corrected chi connectivity index (χ0v) is 10.4. The van der Waals surface area contributed by atoms with Gasteiger partial charge in [-0.1, -0.05) is 31.1 Å². The number of hydrogen-bond donors (Lipinski definition) is 2. The van der Waals surface area contributed by atoms with Gasteiger partial charge in [0.25, 0.3) is 0 Å². The maximum atomic E-state index is 8.84. The van der Waals surface area contributed by atoms with Crippen LogP contribution in [0.4, 0.5) is 0 Å². The van der Waals surface area contributed by atoms with Crippen molar-refractivity contribution in [1.82, 2.24) is 0 Å². The van der Waals surface area contributed by atoms with E-state index in [1.54, 1.807) is 0 Å². The minimum absolute atomic E-state index is 0.0368. The lowest BCUT2D eigenvalue weighted by Gasteiger charge is -2.33. The highest BCUT2D eigenvalue weighted by atomic mass is 16.7. The van der Waals surface area contributed by atoms with Gasteiger partial charge in [0.05, 0.1) is 26.4 Å². The monoisotopic (exact) mass is 242 g/mol. The van der Waals surface area contributed by atoms with E-state index in [0.29, 0.717) is 6.42 Å². The quantitative estimate of drug-likeness (QED) is 0.631. The van der Waals surface area contributed by atoms with E-state index in [1.807, 2.05) is 12.2 Å². The number of aliphatic hydroxyl groups excluding tert-OH is 2. The van der Waals surface area contributed by atoms with Gasteiger partial charge in [-0.25, -0.2) is 0 Å². The van der Waals surface area contributed by atoms with Gasteiger partial charge in [-0.3, -0.25) is 0 Å². The van der Waals surface area contributed by atoms with Crippen molar-refractivity contribution in [2.75, 3.05) is 26.4 Å². The molecule has 4 nitrogen and oxygen atoms in total. The van der Waals surface area contributed by atoms with E-state index in [1.165, 1.54) is 5.57 Å². The van der Waals surface area contributed by atoms with Crippen molar-refractivity contribution < 1.29 is 19.7 Å². The van der Waals surface area contributed by atoms with Crippen LogP contribution >= 0.6 is 0 Å². The molecule has 0 unspecified atom stereocenters. The van der Waals surface area contributed by atoms with Crippen molar-refractivity contribution >= 4 is 0 Å². The molecule has 0 aliphatic heterocycles. The van der Waals surface area contributed by atoms with Crippen LogP contribution in [-0.4, -0.2) is 42.4 Å². The second-order valence-corrected chi connectivity index (χ2v) is 4.07. The molecule has 98 valence electrons. The first kappa shape index (κ1) is 14.4. The molecule has 1 aliphatic rings. The zero-order valence-electron chi connectivity index (χ0n) is 10.4. The molecule has 1 rings (SSSR count). The molecule has 0 aromatic heterocycles. The fourth-order valence-electron chi connectivity index (χ4n) is 1.93. The molecule has 0 fully saturated rings. The van der Waals surface area contributed by atoms with Crippen LogP contribution < -0.4 is 0 Å². The Balaban J connectivity index is 2.64. The Morgan fingerprint density at radius 1 is 1.24 bits per heavy atom. The standard InChI is InChI=1S/C13H22O4/c1-2-4-12-5-3-6-13(11-12,16-9-7-14)17-10-8-15/h3,5-6,14-15H,2,4,7-11H2,1H3. The Labute approximate surface area is 103 Å². The van der Waals surface area contributed by atoms with Crippen molar-refractivity contribution in [3.05, 3.63) is 23.8 Å². The number of allylic oxidation sites excluding steroid dienone is 2. The second kappa shape index (κ2) is 7.61. The second-order valence-electron chi connectivity index (χ2n) is 4.07. The molecule has 0 aromatic carbocycles. The summed E-state index contributed by atoms with van der Waals surface area (Å²) in [5.74, 6) is -0.815. The summed E-state index contributed by atoms with van der Waals surface area (Å²) in [5, 5.41) is 17.7. The molecule has 0 atom stereocenters. The molecular weight excluding hydrogens is 220 g/mol. The summed E-state index contributed by atoms with van der Waals surface area (Å²) in [6, 6.07) is 0. The van der Waals surface area contributed by atoms with Crippen LogP contribution in [0.2, 0.25) is 0 Å². The lowest BCUT2D eigenvalue weighted by molar-refractivity contribution is -0.211. The Morgan fingerprint density at radius 2 is 1.88 bits per heavy atom. The summed E-state index contributed by atoms with van der Waals surface area (Å²) in [4.78, 5) is 0. The normalized spacial score (nSPS) is 18.2. The topological polar surface area (TPSA) is 58.9 Å². The van der Waals surface area contributed by atoms with Crippen molar-refractivity contribution in [2.24, 2.45) is 0 Å². The summed E-state index contributed by atoms with van der Waals surface area (Å²) in [6.45, 7) is 2.52. The van der Waals surface area contributed by atoms with E-state index in [0.717, 1.165) is 12.8 Å². The maximum Gasteiger partial charge on any atom is 0.192 e. The molecule has 0 heterocycles. The number of ether oxygens (including phenoxy) is 2. The third-order valence-electron chi connectivity index (χ3n) is 2.60. The molecule has 0 saturated carbocycles. The van der Waals surface area contributed by atoms with Crippen molar-refractivity contribution in [3.8, 4) is 0 Å².